The molecule has 0 amide bonds. The van der Waals surface area contributed by atoms with Gasteiger partial charge >= 0.3 is 0 Å². The Morgan fingerprint density at radius 2 is 1.36 bits per heavy atom. The molecular weight excluding hydrogens is 272 g/mol. The Labute approximate surface area is 136 Å². The Kier molecular flexibility index (Phi) is 12.6. The summed E-state index contributed by atoms with van der Waals surface area (Å²) < 4.78 is 0. The van der Waals surface area contributed by atoms with Crippen LogP contribution in [-0.4, -0.2) is 20.6 Å². The predicted octanol–water partition coefficient (Wildman–Crippen LogP) is 5.39. The van der Waals surface area contributed by atoms with Gasteiger partial charge in [0.2, 0.25) is 0 Å². The minimum absolute atomic E-state index is 0.845. The van der Waals surface area contributed by atoms with E-state index < -0.39 is 0 Å². The van der Waals surface area contributed by atoms with Crippen LogP contribution in [0.2, 0.25) is 0 Å². The van der Waals surface area contributed by atoms with Gasteiger partial charge in [0.25, 0.3) is 0 Å². The lowest BCUT2D eigenvalue weighted by molar-refractivity contribution is 0.606. The summed E-state index contributed by atoms with van der Waals surface area (Å²) in [6.45, 7) is 2.27. The van der Waals surface area contributed by atoms with E-state index in [2.05, 4.69) is 39.7 Å². The molecule has 0 atom stereocenters. The van der Waals surface area contributed by atoms with Crippen molar-refractivity contribution >= 4 is 0 Å². The number of aryl methyl sites for hydroxylation is 1. The van der Waals surface area contributed by atoms with Crippen molar-refractivity contribution < 1.29 is 0 Å². The number of aromatic nitrogens is 4. The second kappa shape index (κ2) is 14.7. The summed E-state index contributed by atoms with van der Waals surface area (Å²) in [5.74, 6) is 0.845. The molecule has 0 bridgehead atoms. The smallest absolute Gasteiger partial charge is 0.174 e. The number of tetrazole rings is 1. The highest BCUT2D eigenvalue weighted by Crippen LogP contribution is 2.09. The highest BCUT2D eigenvalue weighted by Gasteiger charge is 1.97. The lowest BCUT2D eigenvalue weighted by atomic mass is 10.1. The number of rotatable bonds is 15. The Bertz CT molecular complexity index is 346. The van der Waals surface area contributed by atoms with E-state index in [1.807, 2.05) is 0 Å². The van der Waals surface area contributed by atoms with Gasteiger partial charge in [-0.3, -0.25) is 0 Å². The second-order valence-electron chi connectivity index (χ2n) is 6.16. The van der Waals surface area contributed by atoms with Crippen LogP contribution in [0.3, 0.4) is 0 Å². The molecule has 0 unspecified atom stereocenters. The fourth-order valence-corrected chi connectivity index (χ4v) is 2.64. The van der Waals surface area contributed by atoms with Gasteiger partial charge in [-0.05, 0) is 32.1 Å². The standard InChI is InChI=1S/C18H34N4/c1-2-3-4-5-6-7-8-9-10-11-12-13-14-15-16-17-18-19-21-22-20-18/h9-10H,2-8,11-17H2,1H3,(H,19,20,21,22)/b10-9-. The Hall–Kier alpha value is -1.19. The third kappa shape index (κ3) is 11.5. The fraction of sp³-hybridized carbons (Fsp3) is 0.833. The first kappa shape index (κ1) is 18.9. The summed E-state index contributed by atoms with van der Waals surface area (Å²) in [7, 11) is 0. The minimum Gasteiger partial charge on any atom is -0.177 e. The quantitative estimate of drug-likeness (QED) is 0.349. The van der Waals surface area contributed by atoms with Crippen LogP contribution < -0.4 is 0 Å². The summed E-state index contributed by atoms with van der Waals surface area (Å²) in [5.41, 5.74) is 0. The van der Waals surface area contributed by atoms with E-state index in [1.165, 1.54) is 83.5 Å². The topological polar surface area (TPSA) is 54.5 Å². The average molecular weight is 306 g/mol. The van der Waals surface area contributed by atoms with Gasteiger partial charge in [0.15, 0.2) is 5.82 Å². The zero-order valence-corrected chi connectivity index (χ0v) is 14.4. The van der Waals surface area contributed by atoms with Crippen molar-refractivity contribution in [2.75, 3.05) is 0 Å². The first-order valence-corrected chi connectivity index (χ1v) is 9.30. The molecule has 0 radical (unpaired) electrons. The molecule has 1 N–H and O–H groups in total. The molecule has 0 saturated carbocycles. The molecule has 0 spiro atoms. The SMILES string of the molecule is CCCCCCCC/C=C\CCCCCCCc1nn[nH]n1. The highest BCUT2D eigenvalue weighted by atomic mass is 15.5. The van der Waals surface area contributed by atoms with Crippen LogP contribution in [0.5, 0.6) is 0 Å². The average Bonchev–Trinajstić information content (AvgIpc) is 3.04. The molecule has 0 aliphatic carbocycles. The van der Waals surface area contributed by atoms with Crippen molar-refractivity contribution in [1.82, 2.24) is 20.6 Å². The number of aromatic amines is 1. The zero-order chi connectivity index (χ0) is 15.7. The number of nitrogens with zero attached hydrogens (tertiary/aromatic N) is 3. The number of nitrogens with one attached hydrogen (secondary N) is 1. The Morgan fingerprint density at radius 1 is 0.773 bits per heavy atom. The van der Waals surface area contributed by atoms with Crippen molar-refractivity contribution in [2.24, 2.45) is 0 Å². The zero-order valence-electron chi connectivity index (χ0n) is 14.4. The first-order valence-electron chi connectivity index (χ1n) is 9.30. The molecule has 126 valence electrons. The van der Waals surface area contributed by atoms with Gasteiger partial charge in [-0.15, -0.1) is 10.2 Å². The van der Waals surface area contributed by atoms with Crippen molar-refractivity contribution in [2.45, 2.75) is 96.8 Å². The molecule has 0 fully saturated rings. The first-order chi connectivity index (χ1) is 10.9. The fourth-order valence-electron chi connectivity index (χ4n) is 2.64. The summed E-state index contributed by atoms with van der Waals surface area (Å²) >= 11 is 0. The van der Waals surface area contributed by atoms with E-state index in [1.54, 1.807) is 0 Å². The van der Waals surface area contributed by atoms with Crippen LogP contribution >= 0.6 is 0 Å². The number of unbranched alkanes of at least 4 members (excludes halogenated alkanes) is 11. The molecule has 0 aliphatic heterocycles. The molecular formula is C18H34N4. The molecule has 1 heterocycles. The van der Waals surface area contributed by atoms with Crippen molar-refractivity contribution in [3.63, 3.8) is 0 Å². The molecule has 4 heteroatoms. The number of hydrogen-bond donors (Lipinski definition) is 1. The molecule has 0 aromatic carbocycles. The number of H-pyrrole nitrogens is 1. The maximum absolute atomic E-state index is 3.96. The van der Waals surface area contributed by atoms with E-state index in [0.29, 0.717) is 0 Å². The molecule has 0 aliphatic rings. The predicted molar refractivity (Wildman–Crippen MR) is 92.7 cm³/mol. The van der Waals surface area contributed by atoms with Crippen LogP contribution in [0.15, 0.2) is 12.2 Å². The maximum atomic E-state index is 3.96. The van der Waals surface area contributed by atoms with Crippen molar-refractivity contribution in [3.8, 4) is 0 Å². The number of hydrogen-bond acceptors (Lipinski definition) is 3. The molecule has 1 aromatic rings. The van der Waals surface area contributed by atoms with Crippen LogP contribution in [0.25, 0.3) is 0 Å². The van der Waals surface area contributed by atoms with Gasteiger partial charge in [0, 0.05) is 6.42 Å². The summed E-state index contributed by atoms with van der Waals surface area (Å²) in [6, 6.07) is 0. The normalized spacial score (nSPS) is 11.5. The Morgan fingerprint density at radius 3 is 1.95 bits per heavy atom. The molecule has 1 aromatic heterocycles. The highest BCUT2D eigenvalue weighted by molar-refractivity contribution is 4.81. The summed E-state index contributed by atoms with van der Waals surface area (Å²) in [5, 5.41) is 14.0. The van der Waals surface area contributed by atoms with Gasteiger partial charge in [-0.25, -0.2) is 0 Å². The van der Waals surface area contributed by atoms with E-state index in [4.69, 9.17) is 0 Å². The van der Waals surface area contributed by atoms with Crippen LogP contribution in [0.4, 0.5) is 0 Å². The summed E-state index contributed by atoms with van der Waals surface area (Å²) in [4.78, 5) is 0. The van der Waals surface area contributed by atoms with Crippen LogP contribution in [0.1, 0.15) is 96.2 Å². The van der Waals surface area contributed by atoms with E-state index in [-0.39, 0.29) is 0 Å². The minimum atomic E-state index is 0.845. The largest absolute Gasteiger partial charge is 0.177 e. The lowest BCUT2D eigenvalue weighted by Gasteiger charge is -1.99. The van der Waals surface area contributed by atoms with Crippen molar-refractivity contribution in [3.05, 3.63) is 18.0 Å². The van der Waals surface area contributed by atoms with Crippen LogP contribution in [0, 0.1) is 0 Å². The van der Waals surface area contributed by atoms with Crippen molar-refractivity contribution in [1.29, 1.82) is 0 Å². The van der Waals surface area contributed by atoms with Crippen LogP contribution in [-0.2, 0) is 6.42 Å². The molecule has 22 heavy (non-hydrogen) atoms. The number of allylic oxidation sites excluding steroid dienone is 2. The van der Waals surface area contributed by atoms with Gasteiger partial charge < -0.3 is 0 Å². The molecule has 4 nitrogen and oxygen atoms in total. The lowest BCUT2D eigenvalue weighted by Crippen LogP contribution is -1.89. The van der Waals surface area contributed by atoms with E-state index in [0.717, 1.165) is 12.2 Å². The summed E-state index contributed by atoms with van der Waals surface area (Å²) in [6.07, 6.45) is 23.1. The maximum Gasteiger partial charge on any atom is 0.174 e. The third-order valence-corrected chi connectivity index (χ3v) is 4.05. The second-order valence-corrected chi connectivity index (χ2v) is 6.16. The third-order valence-electron chi connectivity index (χ3n) is 4.05. The van der Waals surface area contributed by atoms with Gasteiger partial charge in [-0.1, -0.05) is 75.7 Å². The molecule has 0 saturated heterocycles. The Balaban J connectivity index is 1.74. The van der Waals surface area contributed by atoms with Gasteiger partial charge in [-0.2, -0.15) is 5.21 Å². The van der Waals surface area contributed by atoms with E-state index >= 15 is 0 Å². The van der Waals surface area contributed by atoms with E-state index in [9.17, 15) is 0 Å². The van der Waals surface area contributed by atoms with Gasteiger partial charge in [0.05, 0.1) is 0 Å². The monoisotopic (exact) mass is 306 g/mol. The molecule has 1 rings (SSSR count). The van der Waals surface area contributed by atoms with Gasteiger partial charge in [0.1, 0.15) is 0 Å².